The molecular weight excluding hydrogens is 516 g/mol. The van der Waals surface area contributed by atoms with Crippen LogP contribution in [0.1, 0.15) is 46.5 Å². The lowest BCUT2D eigenvalue weighted by Crippen LogP contribution is -2.36. The highest BCUT2D eigenvalue weighted by Crippen LogP contribution is 2.36. The van der Waals surface area contributed by atoms with Crippen LogP contribution < -0.4 is 15.5 Å². The second-order valence-electron chi connectivity index (χ2n) is 8.71. The molecule has 2 fully saturated rings. The molecule has 0 spiro atoms. The van der Waals surface area contributed by atoms with Gasteiger partial charge in [0.2, 0.25) is 0 Å². The number of nitrogens with zero attached hydrogens (tertiary/aromatic N) is 3. The highest BCUT2D eigenvalue weighted by atomic mass is 32.2. The number of H-pyrrole nitrogens is 1. The maximum Gasteiger partial charge on any atom is 0.356 e. The van der Waals surface area contributed by atoms with Crippen LogP contribution in [0.15, 0.2) is 40.0 Å². The first-order valence-corrected chi connectivity index (χ1v) is 13.6. The molecule has 0 unspecified atom stereocenters. The molecule has 2 amide bonds. The Bertz CT molecular complexity index is 1280. The number of ketones is 1. The summed E-state index contributed by atoms with van der Waals surface area (Å²) in [6, 6.07) is 4.87. The van der Waals surface area contributed by atoms with E-state index in [1.165, 1.54) is 0 Å². The van der Waals surface area contributed by atoms with Crippen molar-refractivity contribution in [2.75, 3.05) is 41.8 Å². The van der Waals surface area contributed by atoms with Gasteiger partial charge in [0, 0.05) is 42.7 Å². The van der Waals surface area contributed by atoms with Gasteiger partial charge in [0.25, 0.3) is 0 Å². The highest BCUT2D eigenvalue weighted by Gasteiger charge is 2.27. The van der Waals surface area contributed by atoms with Crippen LogP contribution in [-0.4, -0.2) is 64.1 Å². The molecule has 1 saturated heterocycles. The summed E-state index contributed by atoms with van der Waals surface area (Å²) < 4.78 is 5.82. The number of carboxylic acids is 1. The van der Waals surface area contributed by atoms with Crippen LogP contribution >= 0.6 is 23.1 Å². The van der Waals surface area contributed by atoms with Gasteiger partial charge in [-0.05, 0) is 42.8 Å². The highest BCUT2D eigenvalue weighted by molar-refractivity contribution is 8.01. The molecule has 5 rings (SSSR count). The largest absolute Gasteiger partial charge is 0.476 e. The van der Waals surface area contributed by atoms with Crippen molar-refractivity contribution >= 4 is 57.4 Å². The molecule has 37 heavy (non-hydrogen) atoms. The number of hydrogen-bond donors (Lipinski definition) is 4. The Kier molecular flexibility index (Phi) is 7.72. The lowest BCUT2D eigenvalue weighted by molar-refractivity contribution is 0.0687. The van der Waals surface area contributed by atoms with E-state index in [-0.39, 0.29) is 22.5 Å². The first kappa shape index (κ1) is 25.2. The van der Waals surface area contributed by atoms with Gasteiger partial charge in [-0.2, -0.15) is 0 Å². The standard InChI is InChI=1S/C24H26N6O5S2/c31-19(14-3-1-2-4-14)16-13-15(30-9-11-35-12-10-30)5-6-17(16)27-22(34)29-24-28-18(20(32)33)21(37-24)36-23-25-7-8-26-23/h5-8,13-14H,1-4,9-12H2,(H,25,26)(H,32,33)(H2,27,28,29,34). The summed E-state index contributed by atoms with van der Waals surface area (Å²) in [6.07, 6.45) is 6.93. The molecule has 0 radical (unpaired) electrons. The molecule has 1 saturated carbocycles. The number of morpholine rings is 1. The Labute approximate surface area is 221 Å². The normalized spacial score (nSPS) is 16.1. The molecule has 4 N–H and O–H groups in total. The number of carboxylic acid groups (broad SMARTS) is 1. The predicted molar refractivity (Wildman–Crippen MR) is 140 cm³/mol. The zero-order valence-electron chi connectivity index (χ0n) is 19.9. The van der Waals surface area contributed by atoms with Gasteiger partial charge in [0.05, 0.1) is 18.9 Å². The number of rotatable bonds is 8. The summed E-state index contributed by atoms with van der Waals surface area (Å²) >= 11 is 2.15. The van der Waals surface area contributed by atoms with Crippen LogP contribution in [0.5, 0.6) is 0 Å². The Balaban J connectivity index is 1.35. The summed E-state index contributed by atoms with van der Waals surface area (Å²) in [5.41, 5.74) is 1.63. The molecule has 2 aromatic heterocycles. The summed E-state index contributed by atoms with van der Waals surface area (Å²) in [6.45, 7) is 2.72. The average Bonchev–Trinajstić information content (AvgIpc) is 3.68. The number of amides is 2. The summed E-state index contributed by atoms with van der Waals surface area (Å²) in [5, 5.41) is 15.6. The number of aromatic nitrogens is 3. The minimum atomic E-state index is -1.21. The fourth-order valence-corrected chi connectivity index (χ4v) is 6.45. The zero-order chi connectivity index (χ0) is 25.8. The Morgan fingerprint density at radius 1 is 1.16 bits per heavy atom. The van der Waals surface area contributed by atoms with Crippen LogP contribution in [0.25, 0.3) is 0 Å². The second kappa shape index (κ2) is 11.3. The van der Waals surface area contributed by atoms with Gasteiger partial charge >= 0.3 is 12.0 Å². The first-order valence-electron chi connectivity index (χ1n) is 12.0. The molecule has 194 valence electrons. The van der Waals surface area contributed by atoms with Crippen molar-refractivity contribution < 1.29 is 24.2 Å². The van der Waals surface area contributed by atoms with Crippen molar-refractivity contribution in [1.82, 2.24) is 15.0 Å². The lowest BCUT2D eigenvalue weighted by Gasteiger charge is -2.29. The minimum absolute atomic E-state index is 0.0301. The van der Waals surface area contributed by atoms with E-state index in [1.807, 2.05) is 12.1 Å². The van der Waals surface area contributed by atoms with Crippen LogP contribution in [0, 0.1) is 5.92 Å². The number of aromatic amines is 1. The molecule has 13 heteroatoms. The van der Waals surface area contributed by atoms with Gasteiger partial charge in [-0.15, -0.1) is 0 Å². The molecule has 1 aliphatic heterocycles. The fourth-order valence-electron chi connectivity index (χ4n) is 4.48. The lowest BCUT2D eigenvalue weighted by atomic mass is 9.94. The van der Waals surface area contributed by atoms with Gasteiger partial charge < -0.3 is 25.0 Å². The van der Waals surface area contributed by atoms with Crippen molar-refractivity contribution in [1.29, 1.82) is 0 Å². The van der Waals surface area contributed by atoms with Crippen molar-refractivity contribution in [2.45, 2.75) is 35.0 Å². The van der Waals surface area contributed by atoms with E-state index >= 15 is 0 Å². The molecular formula is C24H26N6O5S2. The van der Waals surface area contributed by atoms with Gasteiger partial charge in [-0.1, -0.05) is 24.2 Å². The number of carbonyl (C=O) groups is 3. The maximum absolute atomic E-state index is 13.4. The zero-order valence-corrected chi connectivity index (χ0v) is 21.5. The number of urea groups is 1. The van der Waals surface area contributed by atoms with Gasteiger partial charge in [-0.25, -0.2) is 19.6 Å². The number of benzene rings is 1. The number of nitrogens with one attached hydrogen (secondary N) is 3. The quantitative estimate of drug-likeness (QED) is 0.300. The van der Waals surface area contributed by atoms with E-state index in [0.717, 1.165) is 67.6 Å². The topological polar surface area (TPSA) is 150 Å². The van der Waals surface area contributed by atoms with E-state index in [0.29, 0.717) is 33.8 Å². The van der Waals surface area contributed by atoms with Crippen LogP contribution in [0.4, 0.5) is 21.3 Å². The summed E-state index contributed by atoms with van der Waals surface area (Å²) in [4.78, 5) is 51.2. The van der Waals surface area contributed by atoms with Crippen molar-refractivity contribution in [3.8, 4) is 0 Å². The van der Waals surface area contributed by atoms with Crippen molar-refractivity contribution in [2.24, 2.45) is 5.92 Å². The molecule has 3 heterocycles. The van der Waals surface area contributed by atoms with Crippen LogP contribution in [0.2, 0.25) is 0 Å². The molecule has 0 atom stereocenters. The minimum Gasteiger partial charge on any atom is -0.476 e. The third-order valence-electron chi connectivity index (χ3n) is 6.30. The molecule has 1 aromatic carbocycles. The van der Waals surface area contributed by atoms with E-state index in [2.05, 4.69) is 30.5 Å². The predicted octanol–water partition coefficient (Wildman–Crippen LogP) is 4.57. The molecule has 0 bridgehead atoms. The van der Waals surface area contributed by atoms with Crippen LogP contribution in [-0.2, 0) is 4.74 Å². The first-order chi connectivity index (χ1) is 18.0. The Hall–Kier alpha value is -3.42. The third-order valence-corrected chi connectivity index (χ3v) is 8.36. The van der Waals surface area contributed by atoms with Gasteiger partial charge in [0.1, 0.15) is 4.21 Å². The fraction of sp³-hybridized carbons (Fsp3) is 0.375. The van der Waals surface area contributed by atoms with Crippen molar-refractivity contribution in [3.63, 3.8) is 0 Å². The summed E-state index contributed by atoms with van der Waals surface area (Å²) in [5.74, 6) is -1.23. The number of hydrogen-bond acceptors (Lipinski definition) is 9. The smallest absolute Gasteiger partial charge is 0.356 e. The Morgan fingerprint density at radius 2 is 1.95 bits per heavy atom. The van der Waals surface area contributed by atoms with Gasteiger partial charge in [-0.3, -0.25) is 10.1 Å². The number of anilines is 3. The monoisotopic (exact) mass is 542 g/mol. The molecule has 1 aliphatic carbocycles. The van der Waals surface area contributed by atoms with Crippen molar-refractivity contribution in [3.05, 3.63) is 41.9 Å². The second-order valence-corrected chi connectivity index (χ2v) is 11.0. The maximum atomic E-state index is 13.4. The van der Waals surface area contributed by atoms with E-state index < -0.39 is 12.0 Å². The van der Waals surface area contributed by atoms with E-state index in [4.69, 9.17) is 4.74 Å². The average molecular weight is 543 g/mol. The number of thiazole rings is 1. The number of aromatic carboxylic acids is 1. The van der Waals surface area contributed by atoms with Crippen LogP contribution in [0.3, 0.4) is 0 Å². The molecule has 2 aliphatic rings. The number of Topliss-reactive ketones (excluding diaryl/α,β-unsaturated/α-hetero) is 1. The third kappa shape index (κ3) is 5.95. The number of ether oxygens (including phenoxy) is 1. The van der Waals surface area contributed by atoms with E-state index in [9.17, 15) is 19.5 Å². The summed E-state index contributed by atoms with van der Waals surface area (Å²) in [7, 11) is 0. The van der Waals surface area contributed by atoms with Gasteiger partial charge in [0.15, 0.2) is 21.8 Å². The van der Waals surface area contributed by atoms with E-state index in [1.54, 1.807) is 18.5 Å². The molecule has 3 aromatic rings. The molecule has 11 nitrogen and oxygen atoms in total. The SMILES string of the molecule is O=C(Nc1nc(C(=O)O)c(Sc2ncc[nH]2)s1)Nc1ccc(N2CCOCC2)cc1C(=O)C1CCCC1. The number of imidazole rings is 1. The number of carbonyl (C=O) groups excluding carboxylic acids is 2. The Morgan fingerprint density at radius 3 is 2.65 bits per heavy atom.